The van der Waals surface area contributed by atoms with Gasteiger partial charge in [-0.15, -0.1) is 0 Å². The van der Waals surface area contributed by atoms with E-state index in [4.69, 9.17) is 0 Å². The van der Waals surface area contributed by atoms with Crippen LogP contribution in [0.25, 0.3) is 0 Å². The molecule has 0 aliphatic rings. The normalized spacial score (nSPS) is 15.4. The lowest BCUT2D eigenvalue weighted by Gasteiger charge is -2.31. The largest absolute Gasteiger partial charge is 0.297 e. The summed E-state index contributed by atoms with van der Waals surface area (Å²) in [6, 6.07) is -0.565. The second kappa shape index (κ2) is 5.48. The Balaban J connectivity index is 5.23. The van der Waals surface area contributed by atoms with Crippen molar-refractivity contribution in [3.05, 3.63) is 0 Å². The van der Waals surface area contributed by atoms with Crippen molar-refractivity contribution in [3.8, 4) is 0 Å². The molecule has 0 rings (SSSR count). The number of carbonyl (C=O) groups excluding carboxylic acids is 1. The van der Waals surface area contributed by atoms with Crippen molar-refractivity contribution in [1.29, 1.82) is 0 Å². The minimum absolute atomic E-state index is 0.0286. The summed E-state index contributed by atoms with van der Waals surface area (Å²) in [5, 5.41) is 0. The molecule has 5 heteroatoms. The Morgan fingerprint density at radius 2 is 1.65 bits per heavy atom. The summed E-state index contributed by atoms with van der Waals surface area (Å²) in [6.45, 7) is 9.43. The zero-order valence-electron chi connectivity index (χ0n) is 11.9. The summed E-state index contributed by atoms with van der Waals surface area (Å²) in [5.74, 6) is 0.245. The van der Waals surface area contributed by atoms with Crippen LogP contribution in [-0.2, 0) is 14.8 Å². The van der Waals surface area contributed by atoms with Crippen molar-refractivity contribution >= 4 is 15.8 Å². The maximum atomic E-state index is 12.3. The van der Waals surface area contributed by atoms with Crippen molar-refractivity contribution in [2.24, 2.45) is 11.3 Å². The van der Waals surface area contributed by atoms with Crippen LogP contribution in [0.5, 0.6) is 0 Å². The van der Waals surface area contributed by atoms with E-state index in [0.717, 1.165) is 6.26 Å². The summed E-state index contributed by atoms with van der Waals surface area (Å²) in [7, 11) is -1.86. The lowest BCUT2D eigenvalue weighted by molar-refractivity contribution is -0.130. The first-order valence-electron chi connectivity index (χ1n) is 5.84. The number of ketones is 1. The fourth-order valence-corrected chi connectivity index (χ4v) is 2.24. The first kappa shape index (κ1) is 16.6. The second-order valence-electron chi connectivity index (χ2n) is 6.04. The third-order valence-corrected chi connectivity index (χ3v) is 4.00. The van der Waals surface area contributed by atoms with Gasteiger partial charge in [-0.25, -0.2) is 8.42 Å². The van der Waals surface area contributed by atoms with E-state index < -0.39 is 21.5 Å². The lowest BCUT2D eigenvalue weighted by atomic mass is 9.84. The van der Waals surface area contributed by atoms with E-state index in [-0.39, 0.29) is 11.7 Å². The van der Waals surface area contributed by atoms with Gasteiger partial charge in [-0.2, -0.15) is 4.31 Å². The van der Waals surface area contributed by atoms with Crippen molar-refractivity contribution in [1.82, 2.24) is 4.31 Å². The molecule has 4 nitrogen and oxygen atoms in total. The topological polar surface area (TPSA) is 54.5 Å². The van der Waals surface area contributed by atoms with E-state index in [0.29, 0.717) is 6.42 Å². The Kier molecular flexibility index (Phi) is 5.35. The quantitative estimate of drug-likeness (QED) is 0.761. The van der Waals surface area contributed by atoms with Crippen molar-refractivity contribution in [2.45, 2.75) is 47.1 Å². The molecule has 0 N–H and O–H groups in total. The van der Waals surface area contributed by atoms with Crippen LogP contribution in [0, 0.1) is 11.3 Å². The van der Waals surface area contributed by atoms with Crippen LogP contribution in [0.1, 0.15) is 41.0 Å². The minimum atomic E-state index is -3.34. The average Bonchev–Trinajstić information content (AvgIpc) is 2.08. The molecule has 17 heavy (non-hydrogen) atoms. The van der Waals surface area contributed by atoms with Gasteiger partial charge in [-0.1, -0.05) is 34.6 Å². The molecule has 0 unspecified atom stereocenters. The number of nitrogens with zero attached hydrogens (tertiary/aromatic N) is 1. The van der Waals surface area contributed by atoms with E-state index in [1.165, 1.54) is 11.4 Å². The lowest BCUT2D eigenvalue weighted by Crippen LogP contribution is -2.46. The van der Waals surface area contributed by atoms with Gasteiger partial charge in [-0.05, 0) is 12.3 Å². The van der Waals surface area contributed by atoms with Crippen LogP contribution in [0.3, 0.4) is 0 Å². The Morgan fingerprint density at radius 3 is 1.88 bits per heavy atom. The van der Waals surface area contributed by atoms with Gasteiger partial charge in [0.25, 0.3) is 0 Å². The highest BCUT2D eigenvalue weighted by molar-refractivity contribution is 7.88. The molecule has 0 aliphatic carbocycles. The molecule has 0 saturated carbocycles. The maximum absolute atomic E-state index is 12.3. The highest BCUT2D eigenvalue weighted by atomic mass is 32.2. The number of carbonyl (C=O) groups is 1. The van der Waals surface area contributed by atoms with Crippen LogP contribution in [0.15, 0.2) is 0 Å². The molecule has 0 aromatic rings. The maximum Gasteiger partial charge on any atom is 0.211 e. The van der Waals surface area contributed by atoms with Gasteiger partial charge in [0.2, 0.25) is 10.0 Å². The van der Waals surface area contributed by atoms with Gasteiger partial charge in [0.05, 0.1) is 12.3 Å². The monoisotopic (exact) mass is 263 g/mol. The highest BCUT2D eigenvalue weighted by Gasteiger charge is 2.35. The number of Topliss-reactive ketones (excluding diaryl/α,β-unsaturated/α-hetero) is 1. The Bertz CT molecular complexity index is 366. The predicted octanol–water partition coefficient (Wildman–Crippen LogP) is 1.91. The number of hydrogen-bond acceptors (Lipinski definition) is 3. The number of sulfonamides is 1. The van der Waals surface area contributed by atoms with Gasteiger partial charge in [0, 0.05) is 12.5 Å². The minimum Gasteiger partial charge on any atom is -0.297 e. The van der Waals surface area contributed by atoms with E-state index in [1.54, 1.807) is 0 Å². The van der Waals surface area contributed by atoms with Crippen LogP contribution >= 0.6 is 0 Å². The average molecular weight is 263 g/mol. The number of rotatable bonds is 5. The van der Waals surface area contributed by atoms with Crippen LogP contribution in [0.4, 0.5) is 0 Å². The van der Waals surface area contributed by atoms with Crippen molar-refractivity contribution < 1.29 is 13.2 Å². The molecule has 0 aromatic heterocycles. The molecule has 0 saturated heterocycles. The number of likely N-dealkylation sites (N-methyl/N-ethyl adjacent to an activating group) is 1. The van der Waals surface area contributed by atoms with Crippen molar-refractivity contribution in [3.63, 3.8) is 0 Å². The summed E-state index contributed by atoms with van der Waals surface area (Å²) in [5.41, 5.74) is -0.529. The zero-order valence-corrected chi connectivity index (χ0v) is 12.8. The fourth-order valence-electron chi connectivity index (χ4n) is 1.60. The first-order valence-corrected chi connectivity index (χ1v) is 7.69. The third kappa shape index (κ3) is 5.17. The standard InChI is InChI=1S/C12H25NO3S/c1-9(2)8-10(11(14)12(3,4)5)13(6)17(7,15)16/h9-10H,8H2,1-7H3/t10-/m1/s1. The molecule has 0 heterocycles. The summed E-state index contributed by atoms with van der Waals surface area (Å²) < 4.78 is 24.3. The van der Waals surface area contributed by atoms with Crippen LogP contribution in [-0.4, -0.2) is 37.9 Å². The highest BCUT2D eigenvalue weighted by Crippen LogP contribution is 2.24. The van der Waals surface area contributed by atoms with Gasteiger partial charge < -0.3 is 0 Å². The van der Waals surface area contributed by atoms with E-state index in [2.05, 4.69) is 0 Å². The molecule has 0 fully saturated rings. The van der Waals surface area contributed by atoms with Crippen molar-refractivity contribution in [2.75, 3.05) is 13.3 Å². The predicted molar refractivity (Wildman–Crippen MR) is 70.3 cm³/mol. The van der Waals surface area contributed by atoms with Gasteiger partial charge in [-0.3, -0.25) is 4.79 Å². The van der Waals surface area contributed by atoms with Crippen LogP contribution < -0.4 is 0 Å². The molecule has 0 aromatic carbocycles. The molecule has 1 atom stereocenters. The molecule has 0 radical (unpaired) electrons. The SMILES string of the molecule is CC(C)C[C@H](C(=O)C(C)(C)C)N(C)S(C)(=O)=O. The van der Waals surface area contributed by atoms with Gasteiger partial charge in [0.15, 0.2) is 5.78 Å². The molecule has 102 valence electrons. The molecule has 0 aliphatic heterocycles. The molecule has 0 bridgehead atoms. The third-order valence-electron chi connectivity index (χ3n) is 2.70. The first-order chi connectivity index (χ1) is 7.37. The van der Waals surface area contributed by atoms with E-state index >= 15 is 0 Å². The molecule has 0 amide bonds. The molecule has 0 spiro atoms. The van der Waals surface area contributed by atoms with E-state index in [9.17, 15) is 13.2 Å². The summed E-state index contributed by atoms with van der Waals surface area (Å²) >= 11 is 0. The summed E-state index contributed by atoms with van der Waals surface area (Å²) in [6.07, 6.45) is 1.69. The second-order valence-corrected chi connectivity index (χ2v) is 8.08. The summed E-state index contributed by atoms with van der Waals surface area (Å²) in [4.78, 5) is 12.3. The van der Waals surface area contributed by atoms with Gasteiger partial charge >= 0.3 is 0 Å². The smallest absolute Gasteiger partial charge is 0.211 e. The molecular formula is C12H25NO3S. The molecular weight excluding hydrogens is 238 g/mol. The van der Waals surface area contributed by atoms with E-state index in [1.807, 2.05) is 34.6 Å². The Hall–Kier alpha value is -0.420. The Labute approximate surface area is 105 Å². The zero-order chi connectivity index (χ0) is 14.0. The fraction of sp³-hybridized carbons (Fsp3) is 0.917. The van der Waals surface area contributed by atoms with Gasteiger partial charge in [0.1, 0.15) is 0 Å². The number of hydrogen-bond donors (Lipinski definition) is 0. The Morgan fingerprint density at radius 1 is 1.24 bits per heavy atom. The van der Waals surface area contributed by atoms with Crippen LogP contribution in [0.2, 0.25) is 0 Å².